The van der Waals surface area contributed by atoms with Crippen LogP contribution in [0.25, 0.3) is 0 Å². The minimum absolute atomic E-state index is 0.244. The molecule has 1 aromatic rings. The lowest BCUT2D eigenvalue weighted by Gasteiger charge is -2.41. The quantitative estimate of drug-likeness (QED) is 0.860. The summed E-state index contributed by atoms with van der Waals surface area (Å²) in [5.41, 5.74) is 0.376. The highest BCUT2D eigenvalue weighted by atomic mass is 19.1. The maximum absolute atomic E-state index is 13.2. The third kappa shape index (κ3) is 2.28. The van der Waals surface area contributed by atoms with Crippen LogP contribution in [-0.4, -0.2) is 16.6 Å². The van der Waals surface area contributed by atoms with Crippen LogP contribution in [0.3, 0.4) is 0 Å². The molecule has 4 nitrogen and oxygen atoms in total. The van der Waals surface area contributed by atoms with Crippen molar-refractivity contribution in [3.63, 3.8) is 0 Å². The number of anilines is 1. The van der Waals surface area contributed by atoms with Crippen LogP contribution in [0.2, 0.25) is 0 Å². The van der Waals surface area contributed by atoms with Crippen LogP contribution >= 0.6 is 0 Å². The molecule has 18 heavy (non-hydrogen) atoms. The second-order valence-electron chi connectivity index (χ2n) is 4.78. The van der Waals surface area contributed by atoms with E-state index in [4.69, 9.17) is 10.4 Å². The molecule has 1 aromatic carbocycles. The summed E-state index contributed by atoms with van der Waals surface area (Å²) in [4.78, 5) is 10.7. The molecule has 0 atom stereocenters. The van der Waals surface area contributed by atoms with E-state index in [-0.39, 0.29) is 18.7 Å². The summed E-state index contributed by atoms with van der Waals surface area (Å²) < 4.78 is 13.2. The monoisotopic (exact) mass is 248 g/mol. The molecule has 1 fully saturated rings. The molecule has 94 valence electrons. The molecule has 0 radical (unpaired) electrons. The highest BCUT2D eigenvalue weighted by Gasteiger charge is 2.48. The van der Waals surface area contributed by atoms with Gasteiger partial charge in [-0.3, -0.25) is 4.79 Å². The summed E-state index contributed by atoms with van der Waals surface area (Å²) in [6, 6.07) is 6.52. The summed E-state index contributed by atoms with van der Waals surface area (Å²) in [5, 5.41) is 20.9. The summed E-state index contributed by atoms with van der Waals surface area (Å²) in [6.45, 7) is 1.76. The largest absolute Gasteiger partial charge is 0.481 e. The van der Waals surface area contributed by atoms with Gasteiger partial charge in [-0.15, -0.1) is 0 Å². The van der Waals surface area contributed by atoms with Crippen molar-refractivity contribution in [1.29, 1.82) is 5.26 Å². The fourth-order valence-corrected chi connectivity index (χ4v) is 2.26. The van der Waals surface area contributed by atoms with Gasteiger partial charge in [-0.05, 0) is 43.5 Å². The predicted molar refractivity (Wildman–Crippen MR) is 63.5 cm³/mol. The van der Waals surface area contributed by atoms with Crippen LogP contribution in [0.1, 0.15) is 18.4 Å². The van der Waals surface area contributed by atoms with Crippen molar-refractivity contribution in [1.82, 2.24) is 0 Å². The lowest BCUT2D eigenvalue weighted by Crippen LogP contribution is -2.51. The molecule has 0 aromatic heterocycles. The standard InChI is InChI=1S/C13H13FN2O2/c1-8-2-10(14)4-11(3-8)16-13(7-15)5-9(6-13)12(17)18/h2-4,9,16H,5-6H2,1H3,(H,17,18). The predicted octanol–water partition coefficient (Wildman–Crippen LogP) is 2.30. The van der Waals surface area contributed by atoms with Crippen LogP contribution in [0.4, 0.5) is 10.1 Å². The molecule has 1 saturated carbocycles. The number of benzene rings is 1. The fourth-order valence-electron chi connectivity index (χ4n) is 2.26. The number of carboxylic acid groups (broad SMARTS) is 1. The second-order valence-corrected chi connectivity index (χ2v) is 4.78. The Bertz CT molecular complexity index is 510. The normalized spacial score (nSPS) is 25.9. The fraction of sp³-hybridized carbons (Fsp3) is 0.385. The van der Waals surface area contributed by atoms with E-state index in [2.05, 4.69) is 11.4 Å². The topological polar surface area (TPSA) is 73.1 Å². The zero-order chi connectivity index (χ0) is 13.3. The summed E-state index contributed by atoms with van der Waals surface area (Å²) in [5.74, 6) is -1.76. The Morgan fingerprint density at radius 1 is 1.56 bits per heavy atom. The molecular formula is C13H13FN2O2. The summed E-state index contributed by atoms with van der Waals surface area (Å²) >= 11 is 0. The summed E-state index contributed by atoms with van der Waals surface area (Å²) in [6.07, 6.45) is 0.489. The average Bonchev–Trinajstić information content (AvgIpc) is 2.20. The van der Waals surface area contributed by atoms with Gasteiger partial charge in [0.1, 0.15) is 11.4 Å². The number of nitrogens with zero attached hydrogens (tertiary/aromatic N) is 1. The van der Waals surface area contributed by atoms with Crippen molar-refractivity contribution in [2.45, 2.75) is 25.3 Å². The first kappa shape index (κ1) is 12.4. The number of hydrogen-bond donors (Lipinski definition) is 2. The molecule has 0 aliphatic heterocycles. The number of rotatable bonds is 3. The van der Waals surface area contributed by atoms with Gasteiger partial charge in [-0.2, -0.15) is 5.26 Å². The Kier molecular flexibility index (Phi) is 2.95. The highest BCUT2D eigenvalue weighted by Crippen LogP contribution is 2.40. The zero-order valence-electron chi connectivity index (χ0n) is 9.90. The van der Waals surface area contributed by atoms with Gasteiger partial charge < -0.3 is 10.4 Å². The Labute approximate surface area is 104 Å². The SMILES string of the molecule is Cc1cc(F)cc(NC2(C#N)CC(C(=O)O)C2)c1. The van der Waals surface area contributed by atoms with Crippen molar-refractivity contribution in [2.75, 3.05) is 5.32 Å². The van der Waals surface area contributed by atoms with Gasteiger partial charge in [0.05, 0.1) is 12.0 Å². The number of nitrogens with one attached hydrogen (secondary N) is 1. The van der Waals surface area contributed by atoms with E-state index >= 15 is 0 Å². The molecule has 1 aliphatic carbocycles. The number of halogens is 1. The molecule has 0 saturated heterocycles. The molecule has 2 rings (SSSR count). The highest BCUT2D eigenvalue weighted by molar-refractivity contribution is 5.73. The van der Waals surface area contributed by atoms with Crippen molar-refractivity contribution in [3.8, 4) is 6.07 Å². The van der Waals surface area contributed by atoms with E-state index in [0.29, 0.717) is 5.69 Å². The van der Waals surface area contributed by atoms with Crippen LogP contribution in [0.15, 0.2) is 18.2 Å². The smallest absolute Gasteiger partial charge is 0.306 e. The van der Waals surface area contributed by atoms with Gasteiger partial charge in [-0.1, -0.05) is 0 Å². The van der Waals surface area contributed by atoms with E-state index in [9.17, 15) is 9.18 Å². The van der Waals surface area contributed by atoms with Crippen LogP contribution in [0, 0.1) is 30.0 Å². The Hall–Kier alpha value is -2.09. The van der Waals surface area contributed by atoms with Crippen molar-refractivity contribution in [3.05, 3.63) is 29.6 Å². The third-order valence-electron chi connectivity index (χ3n) is 3.18. The zero-order valence-corrected chi connectivity index (χ0v) is 9.90. The molecule has 0 bridgehead atoms. The van der Waals surface area contributed by atoms with Gasteiger partial charge in [0, 0.05) is 5.69 Å². The van der Waals surface area contributed by atoms with E-state index in [1.165, 1.54) is 12.1 Å². The van der Waals surface area contributed by atoms with Crippen LogP contribution < -0.4 is 5.32 Å². The van der Waals surface area contributed by atoms with Crippen molar-refractivity contribution in [2.24, 2.45) is 5.92 Å². The maximum atomic E-state index is 13.2. The Balaban J connectivity index is 2.13. The van der Waals surface area contributed by atoms with E-state index < -0.39 is 17.4 Å². The molecule has 0 unspecified atom stereocenters. The van der Waals surface area contributed by atoms with Gasteiger partial charge in [0.25, 0.3) is 0 Å². The molecular weight excluding hydrogens is 235 g/mol. The average molecular weight is 248 g/mol. The molecule has 0 heterocycles. The third-order valence-corrected chi connectivity index (χ3v) is 3.18. The number of hydrogen-bond acceptors (Lipinski definition) is 3. The molecule has 2 N–H and O–H groups in total. The Morgan fingerprint density at radius 3 is 2.72 bits per heavy atom. The lowest BCUT2D eigenvalue weighted by atomic mass is 9.69. The number of carboxylic acids is 1. The molecule has 0 spiro atoms. The number of nitriles is 1. The number of aryl methyl sites for hydroxylation is 1. The first-order valence-electron chi connectivity index (χ1n) is 5.63. The van der Waals surface area contributed by atoms with Crippen molar-refractivity contribution < 1.29 is 14.3 Å². The van der Waals surface area contributed by atoms with Crippen LogP contribution in [0.5, 0.6) is 0 Å². The van der Waals surface area contributed by atoms with E-state index in [0.717, 1.165) is 5.56 Å². The van der Waals surface area contributed by atoms with E-state index in [1.54, 1.807) is 13.0 Å². The first-order valence-corrected chi connectivity index (χ1v) is 5.63. The van der Waals surface area contributed by atoms with Gasteiger partial charge in [-0.25, -0.2) is 4.39 Å². The number of carbonyl (C=O) groups is 1. The van der Waals surface area contributed by atoms with Gasteiger partial charge in [0.2, 0.25) is 0 Å². The van der Waals surface area contributed by atoms with Crippen LogP contribution in [-0.2, 0) is 4.79 Å². The van der Waals surface area contributed by atoms with Crippen molar-refractivity contribution >= 4 is 11.7 Å². The van der Waals surface area contributed by atoms with Gasteiger partial charge >= 0.3 is 5.97 Å². The minimum atomic E-state index is -0.891. The molecule has 5 heteroatoms. The summed E-state index contributed by atoms with van der Waals surface area (Å²) in [7, 11) is 0. The minimum Gasteiger partial charge on any atom is -0.481 e. The maximum Gasteiger partial charge on any atom is 0.306 e. The number of aliphatic carboxylic acids is 1. The van der Waals surface area contributed by atoms with E-state index in [1.807, 2.05) is 0 Å². The first-order chi connectivity index (χ1) is 8.44. The molecule has 0 amide bonds. The Morgan fingerprint density at radius 2 is 2.22 bits per heavy atom. The van der Waals surface area contributed by atoms with Gasteiger partial charge in [0.15, 0.2) is 0 Å². The molecule has 1 aliphatic rings. The lowest BCUT2D eigenvalue weighted by molar-refractivity contribution is -0.145. The second kappa shape index (κ2) is 4.30.